The van der Waals surface area contributed by atoms with Gasteiger partial charge >= 0.3 is 5.97 Å². The number of nitrogens with one attached hydrogen (secondary N) is 1. The molecule has 1 aromatic carbocycles. The monoisotopic (exact) mass is 363 g/mol. The predicted molar refractivity (Wildman–Crippen MR) is 102 cm³/mol. The summed E-state index contributed by atoms with van der Waals surface area (Å²) in [5, 5.41) is 2.93. The highest BCUT2D eigenvalue weighted by molar-refractivity contribution is 5.96. The second kappa shape index (κ2) is 7.86. The van der Waals surface area contributed by atoms with Crippen LogP contribution in [0.1, 0.15) is 37.7 Å². The maximum Gasteiger partial charge on any atom is 0.337 e. The van der Waals surface area contributed by atoms with E-state index in [4.69, 9.17) is 0 Å². The van der Waals surface area contributed by atoms with Gasteiger partial charge in [0.1, 0.15) is 0 Å². The summed E-state index contributed by atoms with van der Waals surface area (Å²) in [7, 11) is 1.35. The first kappa shape index (κ1) is 18.4. The van der Waals surface area contributed by atoms with Crippen LogP contribution in [-0.4, -0.2) is 28.5 Å². The van der Waals surface area contributed by atoms with Crippen LogP contribution in [0.5, 0.6) is 0 Å². The van der Waals surface area contributed by atoms with Gasteiger partial charge in [-0.2, -0.15) is 0 Å². The molecule has 2 heterocycles. The lowest BCUT2D eigenvalue weighted by Gasteiger charge is -2.09. The smallest absolute Gasteiger partial charge is 0.337 e. The SMILES string of the molecule is COC(=O)c1ccc(CNC(=O)c2cc(C)n(-c3cccnc3)c2C)cc1. The van der Waals surface area contributed by atoms with Crippen molar-refractivity contribution < 1.29 is 14.3 Å². The second-order valence-corrected chi connectivity index (χ2v) is 6.20. The number of esters is 1. The molecule has 3 aromatic rings. The number of hydrogen-bond donors (Lipinski definition) is 1. The van der Waals surface area contributed by atoms with Gasteiger partial charge in [-0.25, -0.2) is 4.79 Å². The first-order valence-electron chi connectivity index (χ1n) is 8.56. The van der Waals surface area contributed by atoms with Gasteiger partial charge in [0, 0.05) is 24.1 Å². The van der Waals surface area contributed by atoms with Crippen molar-refractivity contribution in [3.63, 3.8) is 0 Å². The molecular weight excluding hydrogens is 342 g/mol. The zero-order chi connectivity index (χ0) is 19.4. The molecule has 0 aliphatic rings. The van der Waals surface area contributed by atoms with Crippen molar-refractivity contribution in [1.82, 2.24) is 14.9 Å². The summed E-state index contributed by atoms with van der Waals surface area (Å²) >= 11 is 0. The highest BCUT2D eigenvalue weighted by Crippen LogP contribution is 2.20. The van der Waals surface area contributed by atoms with Gasteiger partial charge < -0.3 is 14.6 Å². The fourth-order valence-corrected chi connectivity index (χ4v) is 3.03. The molecule has 27 heavy (non-hydrogen) atoms. The summed E-state index contributed by atoms with van der Waals surface area (Å²) in [6.45, 7) is 4.25. The number of methoxy groups -OCH3 is 1. The van der Waals surface area contributed by atoms with Crippen LogP contribution in [0.3, 0.4) is 0 Å². The number of aryl methyl sites for hydroxylation is 1. The molecule has 0 aliphatic carbocycles. The predicted octanol–water partition coefficient (Wildman–Crippen LogP) is 3.21. The van der Waals surface area contributed by atoms with Crippen molar-refractivity contribution >= 4 is 11.9 Å². The molecule has 6 nitrogen and oxygen atoms in total. The number of hydrogen-bond acceptors (Lipinski definition) is 4. The van der Waals surface area contributed by atoms with Gasteiger partial charge in [0.2, 0.25) is 0 Å². The average Bonchev–Trinajstić information content (AvgIpc) is 3.00. The van der Waals surface area contributed by atoms with Gasteiger partial charge in [-0.1, -0.05) is 12.1 Å². The van der Waals surface area contributed by atoms with Crippen LogP contribution in [0.25, 0.3) is 5.69 Å². The number of carbonyl (C=O) groups is 2. The van der Waals surface area contributed by atoms with E-state index in [-0.39, 0.29) is 11.9 Å². The minimum Gasteiger partial charge on any atom is -0.465 e. The minimum atomic E-state index is -0.381. The molecule has 0 unspecified atom stereocenters. The summed E-state index contributed by atoms with van der Waals surface area (Å²) < 4.78 is 6.69. The summed E-state index contributed by atoms with van der Waals surface area (Å²) in [5.41, 5.74) is 4.75. The second-order valence-electron chi connectivity index (χ2n) is 6.20. The summed E-state index contributed by atoms with van der Waals surface area (Å²) in [6, 6.07) is 12.7. The lowest BCUT2D eigenvalue weighted by molar-refractivity contribution is 0.0600. The van der Waals surface area contributed by atoms with Crippen molar-refractivity contribution in [2.45, 2.75) is 20.4 Å². The zero-order valence-electron chi connectivity index (χ0n) is 15.5. The van der Waals surface area contributed by atoms with Gasteiger partial charge in [0.15, 0.2) is 0 Å². The van der Waals surface area contributed by atoms with Crippen molar-refractivity contribution in [3.8, 4) is 5.69 Å². The molecule has 138 valence electrons. The largest absolute Gasteiger partial charge is 0.465 e. The third kappa shape index (κ3) is 3.89. The Kier molecular flexibility index (Phi) is 5.35. The Bertz CT molecular complexity index is 960. The number of amides is 1. The molecule has 1 N–H and O–H groups in total. The molecule has 0 atom stereocenters. The standard InChI is InChI=1S/C21H21N3O3/c1-14-11-19(15(2)24(14)18-5-4-10-22-13-18)20(25)23-12-16-6-8-17(9-7-16)21(26)27-3/h4-11,13H,12H2,1-3H3,(H,23,25). The molecule has 0 bridgehead atoms. The molecule has 6 heteroatoms. The first-order valence-corrected chi connectivity index (χ1v) is 8.56. The minimum absolute atomic E-state index is 0.143. The third-order valence-electron chi connectivity index (χ3n) is 4.41. The zero-order valence-corrected chi connectivity index (χ0v) is 15.5. The number of ether oxygens (including phenoxy) is 1. The number of aromatic nitrogens is 2. The number of carbonyl (C=O) groups excluding carboxylic acids is 2. The van der Waals surface area contributed by atoms with Crippen LogP contribution >= 0.6 is 0 Å². The van der Waals surface area contributed by atoms with Crippen molar-refractivity contribution in [2.75, 3.05) is 7.11 Å². The van der Waals surface area contributed by atoms with Crippen molar-refractivity contribution in [2.24, 2.45) is 0 Å². The average molecular weight is 363 g/mol. The number of rotatable bonds is 5. The van der Waals surface area contributed by atoms with Gasteiger partial charge in [-0.05, 0) is 49.7 Å². The van der Waals surface area contributed by atoms with E-state index in [1.54, 1.807) is 36.7 Å². The number of nitrogens with zero attached hydrogens (tertiary/aromatic N) is 2. The lowest BCUT2D eigenvalue weighted by Crippen LogP contribution is -2.23. The fraction of sp³-hybridized carbons (Fsp3) is 0.190. The summed E-state index contributed by atoms with van der Waals surface area (Å²) in [6.07, 6.45) is 3.49. The maximum absolute atomic E-state index is 12.6. The lowest BCUT2D eigenvalue weighted by atomic mass is 10.1. The molecule has 0 saturated heterocycles. The summed E-state index contributed by atoms with van der Waals surface area (Å²) in [5.74, 6) is -0.524. The van der Waals surface area contributed by atoms with Gasteiger partial charge in [-0.15, -0.1) is 0 Å². The van der Waals surface area contributed by atoms with E-state index in [9.17, 15) is 9.59 Å². The van der Waals surface area contributed by atoms with E-state index >= 15 is 0 Å². The Hall–Kier alpha value is -3.41. The quantitative estimate of drug-likeness (QED) is 0.707. The van der Waals surface area contributed by atoms with E-state index in [2.05, 4.69) is 15.0 Å². The van der Waals surface area contributed by atoms with E-state index in [0.717, 1.165) is 22.6 Å². The number of pyridine rings is 1. The molecule has 0 radical (unpaired) electrons. The molecule has 0 spiro atoms. The van der Waals surface area contributed by atoms with E-state index in [0.29, 0.717) is 17.7 Å². The normalized spacial score (nSPS) is 10.5. The highest BCUT2D eigenvalue weighted by atomic mass is 16.5. The Morgan fingerprint density at radius 3 is 2.52 bits per heavy atom. The van der Waals surface area contributed by atoms with Gasteiger partial charge in [0.05, 0.1) is 30.1 Å². The first-order chi connectivity index (χ1) is 13.0. The van der Waals surface area contributed by atoms with Crippen LogP contribution < -0.4 is 5.32 Å². The summed E-state index contributed by atoms with van der Waals surface area (Å²) in [4.78, 5) is 28.3. The van der Waals surface area contributed by atoms with Crippen LogP contribution in [0, 0.1) is 13.8 Å². The Morgan fingerprint density at radius 1 is 1.15 bits per heavy atom. The van der Waals surface area contributed by atoms with E-state index < -0.39 is 0 Å². The molecule has 3 rings (SSSR count). The molecular formula is C21H21N3O3. The highest BCUT2D eigenvalue weighted by Gasteiger charge is 2.16. The molecule has 2 aromatic heterocycles. The van der Waals surface area contributed by atoms with Crippen molar-refractivity contribution in [3.05, 3.63) is 82.9 Å². The van der Waals surface area contributed by atoms with Gasteiger partial charge in [-0.3, -0.25) is 9.78 Å². The van der Waals surface area contributed by atoms with Crippen LogP contribution in [0.2, 0.25) is 0 Å². The van der Waals surface area contributed by atoms with Crippen molar-refractivity contribution in [1.29, 1.82) is 0 Å². The van der Waals surface area contributed by atoms with Crippen LogP contribution in [0.15, 0.2) is 54.9 Å². The molecule has 1 amide bonds. The maximum atomic E-state index is 12.6. The fourth-order valence-electron chi connectivity index (χ4n) is 3.03. The van der Waals surface area contributed by atoms with Crippen LogP contribution in [-0.2, 0) is 11.3 Å². The van der Waals surface area contributed by atoms with E-state index in [1.807, 2.05) is 36.6 Å². The Balaban J connectivity index is 1.73. The van der Waals surface area contributed by atoms with Gasteiger partial charge in [0.25, 0.3) is 5.91 Å². The van der Waals surface area contributed by atoms with Crippen LogP contribution in [0.4, 0.5) is 0 Å². The topological polar surface area (TPSA) is 73.2 Å². The number of benzene rings is 1. The molecule has 0 fully saturated rings. The third-order valence-corrected chi connectivity index (χ3v) is 4.41. The Morgan fingerprint density at radius 2 is 1.89 bits per heavy atom. The van der Waals surface area contributed by atoms with E-state index in [1.165, 1.54) is 7.11 Å². The molecule has 0 saturated carbocycles. The molecule has 0 aliphatic heterocycles. The Labute approximate surface area is 157 Å².